The number of nitrogens with zero attached hydrogens (tertiary/aromatic N) is 2. The SMILES string of the molecule is Cc1cnc(Oc2c(C)cccc2C(=O)O)cc1[N+](=O)[O-]. The van der Waals surface area contributed by atoms with Gasteiger partial charge in [-0.15, -0.1) is 0 Å². The zero-order chi connectivity index (χ0) is 15.6. The highest BCUT2D eigenvalue weighted by molar-refractivity contribution is 5.91. The molecule has 1 N–H and O–H groups in total. The first-order valence-electron chi connectivity index (χ1n) is 6.02. The summed E-state index contributed by atoms with van der Waals surface area (Å²) in [5.74, 6) is -1.05. The largest absolute Gasteiger partial charge is 0.478 e. The van der Waals surface area contributed by atoms with Crippen molar-refractivity contribution in [1.29, 1.82) is 0 Å². The summed E-state index contributed by atoms with van der Waals surface area (Å²) in [5.41, 5.74) is 0.834. The van der Waals surface area contributed by atoms with Crippen molar-refractivity contribution < 1.29 is 19.6 Å². The fourth-order valence-corrected chi connectivity index (χ4v) is 1.81. The van der Waals surface area contributed by atoms with Crippen molar-refractivity contribution in [2.75, 3.05) is 0 Å². The number of hydrogen-bond donors (Lipinski definition) is 1. The van der Waals surface area contributed by atoms with Gasteiger partial charge in [0.05, 0.1) is 11.0 Å². The number of carboxylic acid groups (broad SMARTS) is 1. The van der Waals surface area contributed by atoms with Crippen molar-refractivity contribution in [2.45, 2.75) is 13.8 Å². The molecule has 0 aliphatic carbocycles. The van der Waals surface area contributed by atoms with Gasteiger partial charge in [0, 0.05) is 11.8 Å². The maximum absolute atomic E-state index is 11.2. The molecule has 0 atom stereocenters. The number of rotatable bonds is 4. The smallest absolute Gasteiger partial charge is 0.339 e. The van der Waals surface area contributed by atoms with Crippen LogP contribution in [0.5, 0.6) is 11.6 Å². The monoisotopic (exact) mass is 288 g/mol. The highest BCUT2D eigenvalue weighted by atomic mass is 16.6. The Balaban J connectivity index is 2.46. The van der Waals surface area contributed by atoms with Crippen LogP contribution in [0.4, 0.5) is 5.69 Å². The number of nitro groups is 1. The molecule has 0 bridgehead atoms. The second-order valence-electron chi connectivity index (χ2n) is 4.42. The van der Waals surface area contributed by atoms with Crippen LogP contribution in [0.15, 0.2) is 30.5 Å². The van der Waals surface area contributed by atoms with E-state index in [-0.39, 0.29) is 22.9 Å². The lowest BCUT2D eigenvalue weighted by Gasteiger charge is -2.10. The molecule has 0 fully saturated rings. The molecule has 108 valence electrons. The molecule has 0 aliphatic rings. The average Bonchev–Trinajstić information content (AvgIpc) is 2.42. The number of ether oxygens (including phenoxy) is 1. The van der Waals surface area contributed by atoms with E-state index in [0.29, 0.717) is 11.1 Å². The summed E-state index contributed by atoms with van der Waals surface area (Å²) in [5, 5.41) is 20.0. The van der Waals surface area contributed by atoms with Crippen LogP contribution in [0.3, 0.4) is 0 Å². The molecular weight excluding hydrogens is 276 g/mol. The van der Waals surface area contributed by atoms with Crippen molar-refractivity contribution in [3.8, 4) is 11.6 Å². The van der Waals surface area contributed by atoms with E-state index >= 15 is 0 Å². The number of para-hydroxylation sites is 1. The average molecular weight is 288 g/mol. The molecule has 0 saturated heterocycles. The minimum Gasteiger partial charge on any atom is -0.478 e. The lowest BCUT2D eigenvalue weighted by atomic mass is 10.1. The number of aryl methyl sites for hydroxylation is 2. The first-order chi connectivity index (χ1) is 9.90. The molecule has 0 radical (unpaired) electrons. The highest BCUT2D eigenvalue weighted by Gasteiger charge is 2.17. The lowest BCUT2D eigenvalue weighted by molar-refractivity contribution is -0.385. The molecule has 0 unspecified atom stereocenters. The van der Waals surface area contributed by atoms with Crippen LogP contribution in [-0.2, 0) is 0 Å². The van der Waals surface area contributed by atoms with Crippen LogP contribution in [0, 0.1) is 24.0 Å². The summed E-state index contributed by atoms with van der Waals surface area (Å²) in [6, 6.07) is 5.85. The predicted octanol–water partition coefficient (Wildman–Crippen LogP) is 3.10. The Kier molecular flexibility index (Phi) is 3.84. The molecule has 2 rings (SSSR count). The van der Waals surface area contributed by atoms with Gasteiger partial charge in [-0.1, -0.05) is 12.1 Å². The molecule has 0 spiro atoms. The topological polar surface area (TPSA) is 103 Å². The number of hydrogen-bond acceptors (Lipinski definition) is 5. The van der Waals surface area contributed by atoms with Crippen molar-refractivity contribution in [3.63, 3.8) is 0 Å². The molecule has 0 saturated carbocycles. The molecule has 1 heterocycles. The highest BCUT2D eigenvalue weighted by Crippen LogP contribution is 2.30. The molecule has 7 heteroatoms. The van der Waals surface area contributed by atoms with Gasteiger partial charge in [-0.05, 0) is 25.5 Å². The number of carboxylic acids is 1. The van der Waals surface area contributed by atoms with Crippen LogP contribution >= 0.6 is 0 Å². The van der Waals surface area contributed by atoms with Crippen LogP contribution in [0.1, 0.15) is 21.5 Å². The van der Waals surface area contributed by atoms with E-state index in [1.165, 1.54) is 18.3 Å². The fraction of sp³-hybridized carbons (Fsp3) is 0.143. The molecule has 7 nitrogen and oxygen atoms in total. The number of aromatic nitrogens is 1. The molecule has 1 aromatic heterocycles. The summed E-state index contributed by atoms with van der Waals surface area (Å²) in [6.45, 7) is 3.25. The molecule has 21 heavy (non-hydrogen) atoms. The maximum atomic E-state index is 11.2. The number of benzene rings is 1. The number of carbonyl (C=O) groups is 1. The van der Waals surface area contributed by atoms with Gasteiger partial charge in [-0.25, -0.2) is 9.78 Å². The normalized spacial score (nSPS) is 10.2. The van der Waals surface area contributed by atoms with Crippen LogP contribution in [0.25, 0.3) is 0 Å². The second-order valence-corrected chi connectivity index (χ2v) is 4.42. The molecule has 0 aliphatic heterocycles. The molecule has 1 aromatic carbocycles. The summed E-state index contributed by atoms with van der Waals surface area (Å²) in [7, 11) is 0. The molecule has 2 aromatic rings. The van der Waals surface area contributed by atoms with Crippen molar-refractivity contribution in [2.24, 2.45) is 0 Å². The van der Waals surface area contributed by atoms with E-state index in [1.807, 2.05) is 0 Å². The summed E-state index contributed by atoms with van der Waals surface area (Å²) < 4.78 is 5.45. The van der Waals surface area contributed by atoms with E-state index in [4.69, 9.17) is 9.84 Å². The van der Waals surface area contributed by atoms with Crippen LogP contribution in [0.2, 0.25) is 0 Å². The van der Waals surface area contributed by atoms with Gasteiger partial charge in [0.15, 0.2) is 0 Å². The van der Waals surface area contributed by atoms with E-state index in [1.54, 1.807) is 26.0 Å². The van der Waals surface area contributed by atoms with Crippen molar-refractivity contribution >= 4 is 11.7 Å². The third-order valence-corrected chi connectivity index (χ3v) is 2.90. The van der Waals surface area contributed by atoms with E-state index in [9.17, 15) is 14.9 Å². The predicted molar refractivity (Wildman–Crippen MR) is 73.8 cm³/mol. The third-order valence-electron chi connectivity index (χ3n) is 2.90. The quantitative estimate of drug-likeness (QED) is 0.685. The van der Waals surface area contributed by atoms with E-state index in [2.05, 4.69) is 4.98 Å². The summed E-state index contributed by atoms with van der Waals surface area (Å²) >= 11 is 0. The minimum absolute atomic E-state index is 0.0240. The Morgan fingerprint density at radius 3 is 2.67 bits per heavy atom. The maximum Gasteiger partial charge on any atom is 0.339 e. The zero-order valence-electron chi connectivity index (χ0n) is 11.4. The Labute approximate surface area is 120 Å². The Morgan fingerprint density at radius 2 is 2.05 bits per heavy atom. The minimum atomic E-state index is -1.14. The van der Waals surface area contributed by atoms with Gasteiger partial charge >= 0.3 is 5.97 Å². The van der Waals surface area contributed by atoms with E-state index in [0.717, 1.165) is 0 Å². The van der Waals surface area contributed by atoms with Crippen molar-refractivity contribution in [1.82, 2.24) is 4.98 Å². The standard InChI is InChI=1S/C14H12N2O5/c1-8-4-3-5-10(14(17)18)13(8)21-12-6-11(16(19)20)9(2)7-15-12/h3-7H,1-2H3,(H,17,18). The number of pyridine rings is 1. The van der Waals surface area contributed by atoms with Crippen molar-refractivity contribution in [3.05, 3.63) is 57.3 Å². The second kappa shape index (κ2) is 5.58. The number of aromatic carboxylic acids is 1. The van der Waals surface area contributed by atoms with Gasteiger partial charge in [-0.2, -0.15) is 0 Å². The zero-order valence-corrected chi connectivity index (χ0v) is 11.4. The summed E-state index contributed by atoms with van der Waals surface area (Å²) in [4.78, 5) is 25.5. The van der Waals surface area contributed by atoms with Gasteiger partial charge in [0.1, 0.15) is 11.3 Å². The van der Waals surface area contributed by atoms with Gasteiger partial charge < -0.3 is 9.84 Å². The Hall–Kier alpha value is -2.96. The van der Waals surface area contributed by atoms with Gasteiger partial charge in [-0.3, -0.25) is 10.1 Å². The third kappa shape index (κ3) is 2.97. The molecular formula is C14H12N2O5. The summed E-state index contributed by atoms with van der Waals surface area (Å²) in [6.07, 6.45) is 1.31. The van der Waals surface area contributed by atoms with Gasteiger partial charge in [0.25, 0.3) is 5.69 Å². The van der Waals surface area contributed by atoms with Crippen LogP contribution < -0.4 is 4.74 Å². The first kappa shape index (κ1) is 14.4. The fourth-order valence-electron chi connectivity index (χ4n) is 1.81. The lowest BCUT2D eigenvalue weighted by Crippen LogP contribution is -2.02. The van der Waals surface area contributed by atoms with Crippen LogP contribution in [-0.4, -0.2) is 21.0 Å². The van der Waals surface area contributed by atoms with Gasteiger partial charge in [0.2, 0.25) is 5.88 Å². The van der Waals surface area contributed by atoms with E-state index < -0.39 is 10.9 Å². The Bertz CT molecular complexity index is 727. The Morgan fingerprint density at radius 1 is 1.33 bits per heavy atom. The first-order valence-corrected chi connectivity index (χ1v) is 6.02. The molecule has 0 amide bonds.